The van der Waals surface area contributed by atoms with Crippen molar-refractivity contribution in [2.45, 2.75) is 56.1 Å². The molecule has 202 valence electrons. The summed E-state index contributed by atoms with van der Waals surface area (Å²) in [4.78, 5) is 61.2. The van der Waals surface area contributed by atoms with Crippen LogP contribution in [0.4, 0.5) is 0 Å². The van der Waals surface area contributed by atoms with Crippen LogP contribution in [0, 0.1) is 0 Å². The first kappa shape index (κ1) is 25.1. The normalized spacial score (nSPS) is 22.1. The Labute approximate surface area is 225 Å². The molecular formula is C29H30N4O6. The first-order valence-electron chi connectivity index (χ1n) is 13.4. The van der Waals surface area contributed by atoms with Crippen LogP contribution in [0.15, 0.2) is 53.1 Å². The SMILES string of the molecule is COc1ccc2oc(C(=O)NC3(C(=O)N4CCC5C4C(=O)CN5C(=O)c4ccccn4)CCCCC3)cc2c1. The number of likely N-dealkylation sites (tertiary alicyclic amines) is 2. The fourth-order valence-corrected chi connectivity index (χ4v) is 6.32. The Bertz CT molecular complexity index is 1440. The second-order valence-corrected chi connectivity index (χ2v) is 10.5. The number of fused-ring (bicyclic) bond motifs is 2. The first-order valence-corrected chi connectivity index (χ1v) is 13.4. The molecule has 6 rings (SSSR count). The van der Waals surface area contributed by atoms with Crippen molar-refractivity contribution in [2.24, 2.45) is 0 Å². The van der Waals surface area contributed by atoms with Gasteiger partial charge in [0, 0.05) is 18.1 Å². The van der Waals surface area contributed by atoms with E-state index < -0.39 is 23.5 Å². The number of furan rings is 1. The predicted octanol–water partition coefficient (Wildman–Crippen LogP) is 2.96. The number of Topliss-reactive ketones (excluding diaryl/α,β-unsaturated/α-hetero) is 1. The Kier molecular flexibility index (Phi) is 6.32. The third-order valence-electron chi connectivity index (χ3n) is 8.24. The minimum Gasteiger partial charge on any atom is -0.497 e. The van der Waals surface area contributed by atoms with E-state index in [4.69, 9.17) is 9.15 Å². The molecule has 0 radical (unpaired) electrons. The van der Waals surface area contributed by atoms with Gasteiger partial charge in [-0.05, 0) is 55.7 Å². The number of hydrogen-bond donors (Lipinski definition) is 1. The molecule has 1 aliphatic carbocycles. The van der Waals surface area contributed by atoms with Gasteiger partial charge in [-0.2, -0.15) is 0 Å². The van der Waals surface area contributed by atoms with Gasteiger partial charge in [0.2, 0.25) is 5.91 Å². The maximum atomic E-state index is 14.2. The van der Waals surface area contributed by atoms with Crippen LogP contribution in [0.25, 0.3) is 11.0 Å². The van der Waals surface area contributed by atoms with E-state index in [9.17, 15) is 19.2 Å². The molecule has 2 unspecified atom stereocenters. The number of rotatable bonds is 5. The van der Waals surface area contributed by atoms with Gasteiger partial charge in [0.15, 0.2) is 11.5 Å². The molecule has 2 atom stereocenters. The van der Waals surface area contributed by atoms with Gasteiger partial charge in [-0.15, -0.1) is 0 Å². The Morgan fingerprint density at radius 2 is 1.90 bits per heavy atom. The summed E-state index contributed by atoms with van der Waals surface area (Å²) >= 11 is 0. The van der Waals surface area contributed by atoms with Crippen LogP contribution in [-0.4, -0.2) is 76.1 Å². The van der Waals surface area contributed by atoms with Gasteiger partial charge in [-0.25, -0.2) is 0 Å². The summed E-state index contributed by atoms with van der Waals surface area (Å²) in [7, 11) is 1.57. The van der Waals surface area contributed by atoms with Crippen LogP contribution in [-0.2, 0) is 9.59 Å². The van der Waals surface area contributed by atoms with E-state index in [0.717, 1.165) is 24.6 Å². The fourth-order valence-electron chi connectivity index (χ4n) is 6.32. The Morgan fingerprint density at radius 3 is 2.64 bits per heavy atom. The lowest BCUT2D eigenvalue weighted by Gasteiger charge is -2.40. The fraction of sp³-hybridized carbons (Fsp3) is 0.414. The zero-order chi connectivity index (χ0) is 27.1. The summed E-state index contributed by atoms with van der Waals surface area (Å²) in [5.41, 5.74) is -0.323. The highest BCUT2D eigenvalue weighted by molar-refractivity contribution is 6.04. The quantitative estimate of drug-likeness (QED) is 0.538. The number of nitrogens with zero attached hydrogens (tertiary/aromatic N) is 3. The molecule has 1 N–H and O–H groups in total. The van der Waals surface area contributed by atoms with Crippen molar-refractivity contribution < 1.29 is 28.3 Å². The number of ether oxygens (including phenoxy) is 1. The minimum atomic E-state index is -1.14. The molecule has 0 spiro atoms. The lowest BCUT2D eigenvalue weighted by atomic mass is 9.80. The third-order valence-corrected chi connectivity index (χ3v) is 8.24. The molecule has 10 heteroatoms. The summed E-state index contributed by atoms with van der Waals surface area (Å²) in [5, 5.41) is 3.73. The Morgan fingerprint density at radius 1 is 1.08 bits per heavy atom. The van der Waals surface area contributed by atoms with Crippen LogP contribution in [0.5, 0.6) is 5.75 Å². The van der Waals surface area contributed by atoms with Crippen molar-refractivity contribution in [1.82, 2.24) is 20.1 Å². The number of benzene rings is 1. The molecule has 3 amide bonds. The second kappa shape index (κ2) is 9.83. The highest BCUT2D eigenvalue weighted by Gasteiger charge is 2.55. The van der Waals surface area contributed by atoms with Gasteiger partial charge < -0.3 is 24.3 Å². The summed E-state index contributed by atoms with van der Waals surface area (Å²) in [6.07, 6.45) is 5.52. The highest BCUT2D eigenvalue weighted by Crippen LogP contribution is 2.37. The van der Waals surface area contributed by atoms with Crippen molar-refractivity contribution in [1.29, 1.82) is 0 Å². The molecule has 1 saturated carbocycles. The van der Waals surface area contributed by atoms with Crippen molar-refractivity contribution in [3.8, 4) is 5.75 Å². The molecule has 3 aliphatic rings. The Balaban J connectivity index is 1.24. The number of hydrogen-bond acceptors (Lipinski definition) is 7. The smallest absolute Gasteiger partial charge is 0.287 e. The molecule has 4 heterocycles. The maximum Gasteiger partial charge on any atom is 0.287 e. The molecule has 3 aromatic rings. The van der Waals surface area contributed by atoms with Crippen LogP contribution in [0.2, 0.25) is 0 Å². The molecule has 10 nitrogen and oxygen atoms in total. The minimum absolute atomic E-state index is 0.0592. The molecule has 2 aromatic heterocycles. The van der Waals surface area contributed by atoms with Crippen molar-refractivity contribution in [3.63, 3.8) is 0 Å². The third kappa shape index (κ3) is 4.33. The Hall–Kier alpha value is -4.21. The van der Waals surface area contributed by atoms with Crippen LogP contribution >= 0.6 is 0 Å². The van der Waals surface area contributed by atoms with E-state index >= 15 is 0 Å². The standard InChI is InChI=1S/C29H30N4O6/c1-38-19-8-9-23-18(15-19)16-24(39-23)26(35)31-29(11-4-2-5-12-29)28(37)32-14-10-21-25(32)22(34)17-33(21)27(36)20-7-3-6-13-30-20/h3,6-9,13,15-16,21,25H,2,4-5,10-12,14,17H2,1H3,(H,31,35). The molecule has 1 aromatic carbocycles. The number of carbonyl (C=O) groups excluding carboxylic acids is 4. The topological polar surface area (TPSA) is 122 Å². The van der Waals surface area contributed by atoms with Crippen molar-refractivity contribution in [2.75, 3.05) is 20.2 Å². The number of methoxy groups -OCH3 is 1. The van der Waals surface area contributed by atoms with Crippen LogP contribution in [0.1, 0.15) is 59.6 Å². The van der Waals surface area contributed by atoms with E-state index in [0.29, 0.717) is 37.1 Å². The van der Waals surface area contributed by atoms with E-state index in [2.05, 4.69) is 10.3 Å². The second-order valence-electron chi connectivity index (χ2n) is 10.5. The van der Waals surface area contributed by atoms with E-state index in [1.807, 2.05) is 0 Å². The average molecular weight is 531 g/mol. The van der Waals surface area contributed by atoms with Crippen LogP contribution < -0.4 is 10.1 Å². The summed E-state index contributed by atoms with van der Waals surface area (Å²) in [6.45, 7) is 0.282. The van der Waals surface area contributed by atoms with Crippen molar-refractivity contribution in [3.05, 3.63) is 60.1 Å². The van der Waals surface area contributed by atoms with E-state index in [1.165, 1.54) is 4.90 Å². The molecular weight excluding hydrogens is 500 g/mol. The number of pyridine rings is 1. The zero-order valence-electron chi connectivity index (χ0n) is 21.7. The summed E-state index contributed by atoms with van der Waals surface area (Å²) in [6, 6.07) is 10.9. The van der Waals surface area contributed by atoms with Gasteiger partial charge in [-0.1, -0.05) is 25.3 Å². The largest absolute Gasteiger partial charge is 0.497 e. The van der Waals surface area contributed by atoms with Gasteiger partial charge in [0.1, 0.15) is 28.6 Å². The number of nitrogens with one attached hydrogen (secondary N) is 1. The lowest BCUT2D eigenvalue weighted by molar-refractivity contribution is -0.143. The predicted molar refractivity (Wildman–Crippen MR) is 140 cm³/mol. The highest BCUT2D eigenvalue weighted by atomic mass is 16.5. The summed E-state index contributed by atoms with van der Waals surface area (Å²) < 4.78 is 11.1. The van der Waals surface area contributed by atoms with Gasteiger partial charge in [0.25, 0.3) is 11.8 Å². The number of carbonyl (C=O) groups is 4. The molecule has 39 heavy (non-hydrogen) atoms. The van der Waals surface area contributed by atoms with Crippen LogP contribution in [0.3, 0.4) is 0 Å². The van der Waals surface area contributed by atoms with Gasteiger partial charge >= 0.3 is 0 Å². The first-order chi connectivity index (χ1) is 18.9. The summed E-state index contributed by atoms with van der Waals surface area (Å²) in [5.74, 6) is -0.456. The molecule has 2 aliphatic heterocycles. The maximum absolute atomic E-state index is 14.2. The molecule has 2 saturated heterocycles. The number of amides is 3. The lowest BCUT2D eigenvalue weighted by Crippen LogP contribution is -2.62. The molecule has 3 fully saturated rings. The number of ketones is 1. The molecule has 0 bridgehead atoms. The zero-order valence-corrected chi connectivity index (χ0v) is 21.7. The van der Waals surface area contributed by atoms with Crippen molar-refractivity contribution >= 4 is 34.5 Å². The monoisotopic (exact) mass is 530 g/mol. The van der Waals surface area contributed by atoms with Gasteiger partial charge in [-0.3, -0.25) is 24.2 Å². The average Bonchev–Trinajstić information content (AvgIpc) is 3.68. The van der Waals surface area contributed by atoms with E-state index in [1.54, 1.807) is 60.7 Å². The van der Waals surface area contributed by atoms with E-state index in [-0.39, 0.29) is 35.6 Å². The van der Waals surface area contributed by atoms with Gasteiger partial charge in [0.05, 0.1) is 19.7 Å². The number of aromatic nitrogens is 1.